The molecule has 1 fully saturated rings. The lowest BCUT2D eigenvalue weighted by Gasteiger charge is -2.37. The molecule has 57 heavy (non-hydrogen) atoms. The van der Waals surface area contributed by atoms with Crippen LogP contribution in [0, 0.1) is 0 Å². The van der Waals surface area contributed by atoms with E-state index in [1.807, 2.05) is 0 Å². The van der Waals surface area contributed by atoms with Crippen molar-refractivity contribution >= 4 is 16.9 Å². The van der Waals surface area contributed by atoms with E-state index in [1.165, 1.54) is 98.9 Å². The van der Waals surface area contributed by atoms with E-state index in [2.05, 4.69) is 194 Å². The van der Waals surface area contributed by atoms with Crippen LogP contribution in [0.3, 0.4) is 0 Å². The third-order valence-corrected chi connectivity index (χ3v) is 13.6. The fraction of sp³-hybridized carbons (Fsp3) is 0.143. The molecule has 0 atom stereocenters. The van der Waals surface area contributed by atoms with Crippen molar-refractivity contribution in [3.8, 4) is 33.4 Å². The number of rotatable bonds is 6. The minimum Gasteiger partial charge on any atom is -0.310 e. The summed E-state index contributed by atoms with van der Waals surface area (Å²) >= 11 is 0. The number of allylic oxidation sites excluding steroid dienone is 4. The Labute approximate surface area is 337 Å². The highest BCUT2D eigenvalue weighted by Gasteiger charge is 2.52. The zero-order valence-electron chi connectivity index (χ0n) is 32.5. The molecule has 11 rings (SSSR count). The van der Waals surface area contributed by atoms with Crippen LogP contribution in [0.25, 0.3) is 39.0 Å². The summed E-state index contributed by atoms with van der Waals surface area (Å²) in [6.07, 6.45) is 12.7. The second-order valence-electron chi connectivity index (χ2n) is 16.3. The fourth-order valence-electron chi connectivity index (χ4n) is 11.2. The first-order chi connectivity index (χ1) is 28.1. The molecule has 2 spiro atoms. The first-order valence-electron chi connectivity index (χ1n) is 20.7. The molecule has 4 aliphatic rings. The van der Waals surface area contributed by atoms with Gasteiger partial charge in [-0.2, -0.15) is 0 Å². The molecule has 1 nitrogen and oxygen atoms in total. The molecule has 1 saturated carbocycles. The van der Waals surface area contributed by atoms with Crippen LogP contribution in [-0.2, 0) is 10.8 Å². The molecule has 0 N–H and O–H groups in total. The maximum atomic E-state index is 4.83. The van der Waals surface area contributed by atoms with Gasteiger partial charge in [0.15, 0.2) is 0 Å². The largest absolute Gasteiger partial charge is 0.310 e. The van der Waals surface area contributed by atoms with Crippen LogP contribution in [0.1, 0.15) is 78.0 Å². The number of hydrogen-bond acceptors (Lipinski definition) is 1. The molecule has 0 unspecified atom stereocenters. The van der Waals surface area contributed by atoms with Gasteiger partial charge in [0.2, 0.25) is 0 Å². The van der Waals surface area contributed by atoms with E-state index in [9.17, 15) is 0 Å². The highest BCUT2D eigenvalue weighted by Crippen LogP contribution is 2.63. The molecule has 0 radical (unpaired) electrons. The smallest absolute Gasteiger partial charge is 0.0726 e. The minimum absolute atomic E-state index is 0.0381. The van der Waals surface area contributed by atoms with Crippen molar-refractivity contribution in [2.45, 2.75) is 49.9 Å². The van der Waals surface area contributed by atoms with Gasteiger partial charge >= 0.3 is 0 Å². The SMILES string of the molecule is C=C(/C(=C\C=C/C)N(c1ccc2c(c1)C1(CCCCC1)c1ccccc1-2)c1ccc2c(c1)C1(c3ccccc3-c3ccccc31)c1ccccc1-2)c1ccccc1. The summed E-state index contributed by atoms with van der Waals surface area (Å²) in [5.74, 6) is 0. The Kier molecular flexibility index (Phi) is 7.76. The Balaban J connectivity index is 1.18. The first kappa shape index (κ1) is 33.9. The van der Waals surface area contributed by atoms with Gasteiger partial charge in [-0.25, -0.2) is 0 Å². The molecule has 0 aliphatic heterocycles. The van der Waals surface area contributed by atoms with E-state index in [4.69, 9.17) is 6.58 Å². The highest BCUT2D eigenvalue weighted by molar-refractivity contribution is 5.97. The second-order valence-corrected chi connectivity index (χ2v) is 16.3. The average Bonchev–Trinajstić information content (AvgIpc) is 3.85. The molecule has 7 aromatic rings. The lowest BCUT2D eigenvalue weighted by molar-refractivity contribution is 0.353. The Hall–Kier alpha value is -6.44. The lowest BCUT2D eigenvalue weighted by atomic mass is 9.68. The Morgan fingerprint density at radius 3 is 1.51 bits per heavy atom. The quantitative estimate of drug-likeness (QED) is 0.154. The van der Waals surface area contributed by atoms with E-state index in [0.29, 0.717) is 0 Å². The first-order valence-corrected chi connectivity index (χ1v) is 20.7. The summed E-state index contributed by atoms with van der Waals surface area (Å²) in [5.41, 5.74) is 21.5. The standard InChI is InChI=1S/C56H45N/c1-3-4-29-54(38(2)39-19-7-5-8-20-39)57(40-30-32-46-42-21-9-13-25-48(42)55(52(46)36-40)34-17-6-18-35-55)41-31-33-47-45-24-12-16-28-51(45)56(53(47)37-41)49-26-14-10-22-43(49)44-23-11-15-27-50(44)56/h3-5,7-16,19-33,36-37H,2,6,17-18,34-35H2,1H3/b4-3-,54-29+. The predicted octanol–water partition coefficient (Wildman–Crippen LogP) is 14.6. The molecule has 0 amide bonds. The summed E-state index contributed by atoms with van der Waals surface area (Å²) in [4.78, 5) is 2.50. The number of nitrogens with zero attached hydrogens (tertiary/aromatic N) is 1. The van der Waals surface area contributed by atoms with Crippen molar-refractivity contribution in [2.75, 3.05) is 4.90 Å². The summed E-state index contributed by atoms with van der Waals surface area (Å²) in [7, 11) is 0. The summed E-state index contributed by atoms with van der Waals surface area (Å²) in [6.45, 7) is 6.92. The Morgan fingerprint density at radius 1 is 0.491 bits per heavy atom. The summed E-state index contributed by atoms with van der Waals surface area (Å²) < 4.78 is 0. The van der Waals surface area contributed by atoms with Crippen molar-refractivity contribution in [1.29, 1.82) is 0 Å². The third-order valence-electron chi connectivity index (χ3n) is 13.6. The van der Waals surface area contributed by atoms with Gasteiger partial charge in [-0.15, -0.1) is 0 Å². The highest BCUT2D eigenvalue weighted by atomic mass is 15.2. The van der Waals surface area contributed by atoms with Gasteiger partial charge in [-0.3, -0.25) is 0 Å². The summed E-state index contributed by atoms with van der Waals surface area (Å²) in [6, 6.07) is 61.7. The molecule has 0 saturated heterocycles. The maximum Gasteiger partial charge on any atom is 0.0726 e. The van der Waals surface area contributed by atoms with E-state index in [-0.39, 0.29) is 5.41 Å². The number of benzene rings is 7. The number of hydrogen-bond donors (Lipinski definition) is 0. The average molecular weight is 732 g/mol. The van der Waals surface area contributed by atoms with Crippen LogP contribution in [0.15, 0.2) is 194 Å². The number of anilines is 2. The van der Waals surface area contributed by atoms with Crippen LogP contribution in [0.4, 0.5) is 11.4 Å². The molecular formula is C56H45N. The van der Waals surface area contributed by atoms with Crippen LogP contribution in [0.2, 0.25) is 0 Å². The molecular weight excluding hydrogens is 687 g/mol. The molecule has 274 valence electrons. The molecule has 7 aromatic carbocycles. The van der Waals surface area contributed by atoms with Crippen molar-refractivity contribution in [2.24, 2.45) is 0 Å². The Bertz CT molecular complexity index is 2740. The van der Waals surface area contributed by atoms with Crippen molar-refractivity contribution < 1.29 is 0 Å². The van der Waals surface area contributed by atoms with Gasteiger partial charge in [-0.05, 0) is 128 Å². The van der Waals surface area contributed by atoms with Crippen LogP contribution >= 0.6 is 0 Å². The normalized spacial score (nSPS) is 16.2. The number of fused-ring (bicyclic) bond motifs is 15. The van der Waals surface area contributed by atoms with Gasteiger partial charge in [-0.1, -0.05) is 178 Å². The third kappa shape index (κ3) is 4.75. The van der Waals surface area contributed by atoms with Crippen LogP contribution in [-0.4, -0.2) is 0 Å². The molecule has 0 aromatic heterocycles. The molecule has 4 aliphatic carbocycles. The second kappa shape index (κ2) is 13.1. The zero-order valence-corrected chi connectivity index (χ0v) is 32.5. The monoisotopic (exact) mass is 731 g/mol. The van der Waals surface area contributed by atoms with Crippen LogP contribution in [0.5, 0.6) is 0 Å². The van der Waals surface area contributed by atoms with Crippen molar-refractivity contribution in [3.05, 3.63) is 233 Å². The van der Waals surface area contributed by atoms with E-state index in [0.717, 1.165) is 28.2 Å². The fourth-order valence-corrected chi connectivity index (χ4v) is 11.2. The van der Waals surface area contributed by atoms with Gasteiger partial charge in [0.1, 0.15) is 0 Å². The molecule has 1 heteroatoms. The Morgan fingerprint density at radius 2 is 0.947 bits per heavy atom. The predicted molar refractivity (Wildman–Crippen MR) is 239 cm³/mol. The molecule has 0 heterocycles. The topological polar surface area (TPSA) is 3.24 Å². The van der Waals surface area contributed by atoms with E-state index in [1.54, 1.807) is 0 Å². The van der Waals surface area contributed by atoms with Crippen molar-refractivity contribution in [1.82, 2.24) is 0 Å². The van der Waals surface area contributed by atoms with Gasteiger partial charge in [0.25, 0.3) is 0 Å². The maximum absolute atomic E-state index is 4.83. The van der Waals surface area contributed by atoms with Crippen molar-refractivity contribution in [3.63, 3.8) is 0 Å². The van der Waals surface area contributed by atoms with Crippen LogP contribution < -0.4 is 4.90 Å². The zero-order chi connectivity index (χ0) is 38.1. The minimum atomic E-state index is -0.434. The van der Waals surface area contributed by atoms with Gasteiger partial charge < -0.3 is 4.90 Å². The van der Waals surface area contributed by atoms with Gasteiger partial charge in [0, 0.05) is 16.8 Å². The molecule has 0 bridgehead atoms. The summed E-state index contributed by atoms with van der Waals surface area (Å²) in [5, 5.41) is 0. The van der Waals surface area contributed by atoms with E-state index >= 15 is 0 Å². The van der Waals surface area contributed by atoms with E-state index < -0.39 is 5.41 Å². The lowest BCUT2D eigenvalue weighted by Crippen LogP contribution is -2.28. The van der Waals surface area contributed by atoms with Gasteiger partial charge in [0.05, 0.1) is 11.1 Å².